The van der Waals surface area contributed by atoms with Gasteiger partial charge in [0.05, 0.1) is 18.0 Å². The van der Waals surface area contributed by atoms with Gasteiger partial charge >= 0.3 is 12.1 Å². The number of hydrogen-bond acceptors (Lipinski definition) is 4. The summed E-state index contributed by atoms with van der Waals surface area (Å²) in [5.41, 5.74) is 1.62. The third-order valence-electron chi connectivity index (χ3n) is 6.00. The minimum Gasteiger partial charge on any atom is -0.464 e. The van der Waals surface area contributed by atoms with Gasteiger partial charge in [0.15, 0.2) is 0 Å². The van der Waals surface area contributed by atoms with Gasteiger partial charge in [-0.25, -0.2) is 0 Å². The van der Waals surface area contributed by atoms with E-state index in [2.05, 4.69) is 5.32 Å². The molecule has 2 amide bonds. The van der Waals surface area contributed by atoms with Crippen molar-refractivity contribution in [1.82, 2.24) is 10.2 Å². The molecule has 0 spiro atoms. The Hall–Kier alpha value is -3.36. The molecule has 1 heterocycles. The van der Waals surface area contributed by atoms with Crippen LogP contribution in [0.4, 0.5) is 13.2 Å². The van der Waals surface area contributed by atoms with Crippen LogP contribution in [-0.2, 0) is 26.9 Å². The zero-order chi connectivity index (χ0) is 25.4. The van der Waals surface area contributed by atoms with Gasteiger partial charge < -0.3 is 15.0 Å². The summed E-state index contributed by atoms with van der Waals surface area (Å²) in [6.07, 6.45) is -2.65. The predicted octanol–water partition coefficient (Wildman–Crippen LogP) is 4.16. The Bertz CT molecular complexity index is 1010. The molecule has 0 unspecified atom stereocenters. The van der Waals surface area contributed by atoms with Crippen molar-refractivity contribution in [3.8, 4) is 0 Å². The van der Waals surface area contributed by atoms with E-state index in [1.165, 1.54) is 17.0 Å². The second-order valence-electron chi connectivity index (χ2n) is 8.64. The van der Waals surface area contributed by atoms with E-state index in [9.17, 15) is 27.6 Å². The molecule has 2 aromatic carbocycles. The number of hydrogen-bond donors (Lipinski definition) is 1. The molecule has 1 saturated heterocycles. The second-order valence-corrected chi connectivity index (χ2v) is 8.64. The van der Waals surface area contributed by atoms with Crippen LogP contribution in [0.15, 0.2) is 48.5 Å². The number of piperidine rings is 1. The molecule has 1 aliphatic heterocycles. The average molecular weight is 491 g/mol. The molecule has 9 heteroatoms. The number of benzene rings is 2. The quantitative estimate of drug-likeness (QED) is 0.446. The highest BCUT2D eigenvalue weighted by molar-refractivity contribution is 5.94. The summed E-state index contributed by atoms with van der Waals surface area (Å²) in [7, 11) is 0. The molecule has 3 rings (SSSR count). The van der Waals surface area contributed by atoms with Crippen LogP contribution in [0.3, 0.4) is 0 Å². The molecule has 1 fully saturated rings. The molecule has 0 saturated carbocycles. The molecule has 6 nitrogen and oxygen atoms in total. The summed E-state index contributed by atoms with van der Waals surface area (Å²) >= 11 is 0. The number of rotatable bonds is 8. The molecule has 0 aromatic heterocycles. The Balaban J connectivity index is 1.33. The molecule has 0 radical (unpaired) electrons. The molecular weight excluding hydrogens is 461 g/mol. The van der Waals surface area contributed by atoms with E-state index < -0.39 is 11.7 Å². The van der Waals surface area contributed by atoms with Gasteiger partial charge in [0, 0.05) is 25.1 Å². The lowest BCUT2D eigenvalue weighted by Crippen LogP contribution is -2.41. The van der Waals surface area contributed by atoms with E-state index in [4.69, 9.17) is 4.74 Å². The number of nitrogens with one attached hydrogen (secondary N) is 1. The van der Waals surface area contributed by atoms with Gasteiger partial charge in [0.2, 0.25) is 5.91 Å². The highest BCUT2D eigenvalue weighted by atomic mass is 19.4. The normalized spacial score (nSPS) is 14.5. The minimum absolute atomic E-state index is 0.0692. The Morgan fingerprint density at radius 1 is 1.00 bits per heavy atom. The molecule has 1 aliphatic rings. The summed E-state index contributed by atoms with van der Waals surface area (Å²) in [5, 5.41) is 2.74. The first kappa shape index (κ1) is 26.2. The summed E-state index contributed by atoms with van der Waals surface area (Å²) < 4.78 is 43.4. The second kappa shape index (κ2) is 11.9. The van der Waals surface area contributed by atoms with Gasteiger partial charge in [0.1, 0.15) is 6.61 Å². The zero-order valence-electron chi connectivity index (χ0n) is 19.6. The van der Waals surface area contributed by atoms with Gasteiger partial charge in [0.25, 0.3) is 5.91 Å². The van der Waals surface area contributed by atoms with Crippen molar-refractivity contribution in [2.24, 2.45) is 5.92 Å². The van der Waals surface area contributed by atoms with Crippen molar-refractivity contribution < 1.29 is 32.3 Å². The Morgan fingerprint density at radius 2 is 1.63 bits per heavy atom. The standard InChI is InChI=1S/C26H29F3N2O4/c1-18-2-4-19(5-3-18)6-11-23(32)30-14-17-35-25(34)21-12-15-31(16-13-21)24(33)20-7-9-22(10-8-20)26(27,28)29/h2-5,7-10,21H,6,11-17H2,1H3,(H,30,32). The van der Waals surface area contributed by atoms with E-state index in [-0.39, 0.29) is 42.4 Å². The fraction of sp³-hybridized carbons (Fsp3) is 0.423. The van der Waals surface area contributed by atoms with Gasteiger partial charge in [-0.3, -0.25) is 14.4 Å². The molecule has 0 bridgehead atoms. The average Bonchev–Trinajstić information content (AvgIpc) is 2.85. The minimum atomic E-state index is -4.45. The highest BCUT2D eigenvalue weighted by Gasteiger charge is 2.31. The lowest BCUT2D eigenvalue weighted by molar-refractivity contribution is -0.150. The Morgan fingerprint density at radius 3 is 2.23 bits per heavy atom. The van der Waals surface area contributed by atoms with Crippen molar-refractivity contribution in [3.63, 3.8) is 0 Å². The number of likely N-dealkylation sites (tertiary alicyclic amines) is 1. The van der Waals surface area contributed by atoms with Gasteiger partial charge in [-0.15, -0.1) is 0 Å². The number of aryl methyl sites for hydroxylation is 2. The fourth-order valence-electron chi connectivity index (χ4n) is 3.86. The molecule has 0 atom stereocenters. The number of ether oxygens (including phenoxy) is 1. The molecule has 0 aliphatic carbocycles. The van der Waals surface area contributed by atoms with Crippen LogP contribution in [0, 0.1) is 12.8 Å². The topological polar surface area (TPSA) is 75.7 Å². The summed E-state index contributed by atoms with van der Waals surface area (Å²) in [5.74, 6) is -1.21. The number of alkyl halides is 3. The first-order valence-corrected chi connectivity index (χ1v) is 11.6. The monoisotopic (exact) mass is 490 g/mol. The zero-order valence-corrected chi connectivity index (χ0v) is 19.6. The maximum atomic E-state index is 12.7. The maximum absolute atomic E-state index is 12.7. The van der Waals surface area contributed by atoms with Gasteiger partial charge in [-0.1, -0.05) is 29.8 Å². The number of carbonyl (C=O) groups excluding carboxylic acids is 3. The molecule has 35 heavy (non-hydrogen) atoms. The Labute approximate surface area is 202 Å². The van der Waals surface area contributed by atoms with E-state index >= 15 is 0 Å². The first-order chi connectivity index (χ1) is 16.6. The van der Waals surface area contributed by atoms with Gasteiger partial charge in [-0.2, -0.15) is 13.2 Å². The van der Waals surface area contributed by atoms with Crippen LogP contribution in [-0.4, -0.2) is 48.9 Å². The van der Waals surface area contributed by atoms with Crippen molar-refractivity contribution in [1.29, 1.82) is 0 Å². The van der Waals surface area contributed by atoms with Crippen molar-refractivity contribution >= 4 is 17.8 Å². The number of halogens is 3. The van der Waals surface area contributed by atoms with Crippen LogP contribution < -0.4 is 5.32 Å². The van der Waals surface area contributed by atoms with Crippen LogP contribution in [0.25, 0.3) is 0 Å². The summed E-state index contributed by atoms with van der Waals surface area (Å²) in [6, 6.07) is 12.1. The lowest BCUT2D eigenvalue weighted by atomic mass is 9.96. The van der Waals surface area contributed by atoms with Crippen molar-refractivity contribution in [2.45, 2.75) is 38.8 Å². The van der Waals surface area contributed by atoms with Crippen LogP contribution in [0.5, 0.6) is 0 Å². The van der Waals surface area contributed by atoms with Crippen LogP contribution in [0.2, 0.25) is 0 Å². The molecular formula is C26H29F3N2O4. The molecule has 2 aromatic rings. The van der Waals surface area contributed by atoms with E-state index in [1.807, 2.05) is 31.2 Å². The number of amides is 2. The number of carbonyl (C=O) groups is 3. The number of nitrogens with zero attached hydrogens (tertiary/aromatic N) is 1. The molecule has 188 valence electrons. The lowest BCUT2D eigenvalue weighted by Gasteiger charge is -2.31. The van der Waals surface area contributed by atoms with Crippen LogP contribution >= 0.6 is 0 Å². The van der Waals surface area contributed by atoms with Crippen molar-refractivity contribution in [2.75, 3.05) is 26.2 Å². The van der Waals surface area contributed by atoms with E-state index in [0.29, 0.717) is 38.8 Å². The van der Waals surface area contributed by atoms with Gasteiger partial charge in [-0.05, 0) is 56.0 Å². The fourth-order valence-corrected chi connectivity index (χ4v) is 3.86. The third kappa shape index (κ3) is 7.83. The smallest absolute Gasteiger partial charge is 0.416 e. The first-order valence-electron chi connectivity index (χ1n) is 11.6. The van der Waals surface area contributed by atoms with Crippen LogP contribution in [0.1, 0.15) is 46.3 Å². The largest absolute Gasteiger partial charge is 0.464 e. The highest BCUT2D eigenvalue weighted by Crippen LogP contribution is 2.29. The van der Waals surface area contributed by atoms with E-state index in [0.717, 1.165) is 23.3 Å². The summed E-state index contributed by atoms with van der Waals surface area (Å²) in [4.78, 5) is 38.4. The third-order valence-corrected chi connectivity index (χ3v) is 6.00. The number of esters is 1. The Kier molecular flexibility index (Phi) is 8.89. The maximum Gasteiger partial charge on any atom is 0.416 e. The van der Waals surface area contributed by atoms with Crippen molar-refractivity contribution in [3.05, 3.63) is 70.8 Å². The summed E-state index contributed by atoms with van der Waals surface area (Å²) in [6.45, 7) is 2.93. The predicted molar refractivity (Wildman–Crippen MR) is 124 cm³/mol. The SMILES string of the molecule is Cc1ccc(CCC(=O)NCCOC(=O)C2CCN(C(=O)c3ccc(C(F)(F)F)cc3)CC2)cc1. The molecule has 1 N–H and O–H groups in total. The van der Waals surface area contributed by atoms with E-state index in [1.54, 1.807) is 0 Å².